The number of carbonyl (C=O) groups excluding carboxylic acids is 2. The average Bonchev–Trinajstić information content (AvgIpc) is 2.70. The lowest BCUT2D eigenvalue weighted by Gasteiger charge is -2.40. The number of allylic oxidation sites excluding steroid dienone is 1. The number of amidine groups is 1. The van der Waals surface area contributed by atoms with Gasteiger partial charge in [0.2, 0.25) is 5.91 Å². The highest BCUT2D eigenvalue weighted by Gasteiger charge is 2.38. The zero-order chi connectivity index (χ0) is 21.9. The van der Waals surface area contributed by atoms with Crippen molar-refractivity contribution in [3.05, 3.63) is 41.1 Å². The van der Waals surface area contributed by atoms with E-state index >= 15 is 0 Å². The number of carbonyl (C=O) groups is 2. The summed E-state index contributed by atoms with van der Waals surface area (Å²) in [5, 5.41) is 3.96. The number of hydrogen-bond donors (Lipinski definition) is 1. The molecule has 2 aliphatic rings. The summed E-state index contributed by atoms with van der Waals surface area (Å²) in [6, 6.07) is 7.50. The summed E-state index contributed by atoms with van der Waals surface area (Å²) in [4.78, 5) is 32.2. The zero-order valence-electron chi connectivity index (χ0n) is 18.4. The number of esters is 1. The van der Waals surface area contributed by atoms with Crippen molar-refractivity contribution in [3.8, 4) is 0 Å². The molecule has 0 unspecified atom stereocenters. The van der Waals surface area contributed by atoms with Crippen molar-refractivity contribution in [2.75, 3.05) is 24.7 Å². The third-order valence-electron chi connectivity index (χ3n) is 5.06. The van der Waals surface area contributed by atoms with Crippen molar-refractivity contribution in [1.29, 1.82) is 0 Å². The van der Waals surface area contributed by atoms with Crippen molar-refractivity contribution >= 4 is 34.5 Å². The van der Waals surface area contributed by atoms with Gasteiger partial charge in [0.1, 0.15) is 0 Å². The molecule has 1 aromatic carbocycles. The van der Waals surface area contributed by atoms with Gasteiger partial charge in [0, 0.05) is 24.4 Å². The van der Waals surface area contributed by atoms with E-state index in [4.69, 9.17) is 9.73 Å². The molecule has 6 nitrogen and oxygen atoms in total. The Bertz CT molecular complexity index is 886. The van der Waals surface area contributed by atoms with Crippen LogP contribution in [0, 0.1) is 5.41 Å². The smallest absolute Gasteiger partial charge is 0.338 e. The molecule has 7 heteroatoms. The Balaban J connectivity index is 1.99. The van der Waals surface area contributed by atoms with E-state index in [1.54, 1.807) is 11.8 Å². The van der Waals surface area contributed by atoms with Crippen molar-refractivity contribution in [2.45, 2.75) is 53.0 Å². The summed E-state index contributed by atoms with van der Waals surface area (Å²) in [6.07, 6.45) is 2.12. The Kier molecular flexibility index (Phi) is 6.91. The van der Waals surface area contributed by atoms with Crippen LogP contribution in [0.5, 0.6) is 0 Å². The number of nitrogens with zero attached hydrogens (tertiary/aromatic N) is 2. The summed E-state index contributed by atoms with van der Waals surface area (Å²) in [5.74, 6) is 0.657. The van der Waals surface area contributed by atoms with E-state index in [1.807, 2.05) is 52.0 Å². The number of fused-ring (bicyclic) bond motifs is 1. The lowest BCUT2D eigenvalue weighted by atomic mass is 9.91. The van der Waals surface area contributed by atoms with Gasteiger partial charge in [-0.25, -0.2) is 9.79 Å². The molecule has 0 bridgehead atoms. The van der Waals surface area contributed by atoms with E-state index in [0.29, 0.717) is 18.4 Å². The Morgan fingerprint density at radius 3 is 2.77 bits per heavy atom. The van der Waals surface area contributed by atoms with Gasteiger partial charge in [-0.1, -0.05) is 51.6 Å². The lowest BCUT2D eigenvalue weighted by molar-refractivity contribution is -0.137. The number of methoxy groups -OCH3 is 1. The molecule has 1 N–H and O–H groups in total. The van der Waals surface area contributed by atoms with Crippen LogP contribution in [0.1, 0.15) is 58.6 Å². The average molecular weight is 430 g/mol. The third kappa shape index (κ3) is 5.06. The molecule has 30 heavy (non-hydrogen) atoms. The van der Waals surface area contributed by atoms with Crippen LogP contribution >= 0.6 is 11.8 Å². The Hall–Kier alpha value is -2.28. The number of aliphatic imine (C=N–C) groups is 1. The van der Waals surface area contributed by atoms with E-state index in [9.17, 15) is 9.59 Å². The minimum absolute atomic E-state index is 0.0166. The minimum atomic E-state index is -0.350. The van der Waals surface area contributed by atoms with Gasteiger partial charge in [-0.2, -0.15) is 0 Å². The molecule has 1 aromatic rings. The molecule has 1 atom stereocenters. The van der Waals surface area contributed by atoms with Gasteiger partial charge in [-0.05, 0) is 36.0 Å². The number of hydrogen-bond acceptors (Lipinski definition) is 6. The first-order valence-corrected chi connectivity index (χ1v) is 11.4. The molecule has 0 aromatic heterocycles. The van der Waals surface area contributed by atoms with Crippen molar-refractivity contribution in [1.82, 2.24) is 4.90 Å². The monoisotopic (exact) mass is 429 g/mol. The lowest BCUT2D eigenvalue weighted by Crippen LogP contribution is -2.42. The van der Waals surface area contributed by atoms with Gasteiger partial charge in [0.15, 0.2) is 5.17 Å². The number of anilines is 1. The molecule has 162 valence electrons. The van der Waals surface area contributed by atoms with Crippen LogP contribution in [0.3, 0.4) is 0 Å². The maximum atomic E-state index is 12.8. The molecular formula is C23H31N3O3S. The number of nitrogens with one attached hydrogen (secondary N) is 1. The zero-order valence-corrected chi connectivity index (χ0v) is 19.3. The largest absolute Gasteiger partial charge is 0.466 e. The minimum Gasteiger partial charge on any atom is -0.466 e. The van der Waals surface area contributed by atoms with Gasteiger partial charge in [-0.15, -0.1) is 0 Å². The molecule has 2 aliphatic heterocycles. The number of benzene rings is 1. The van der Waals surface area contributed by atoms with Gasteiger partial charge >= 0.3 is 5.97 Å². The molecule has 3 rings (SSSR count). The maximum absolute atomic E-state index is 12.8. The van der Waals surface area contributed by atoms with Gasteiger partial charge in [-0.3, -0.25) is 4.79 Å². The second-order valence-electron chi connectivity index (χ2n) is 8.81. The molecule has 0 aliphatic carbocycles. The molecular weight excluding hydrogens is 398 g/mol. The molecule has 1 amide bonds. The van der Waals surface area contributed by atoms with Crippen molar-refractivity contribution in [2.24, 2.45) is 10.4 Å². The van der Waals surface area contributed by atoms with Crippen LogP contribution in [-0.2, 0) is 14.3 Å². The first kappa shape index (κ1) is 22.4. The SMILES string of the molecule is CCC1=C(C(=O)OC)[C@@H](c2cccc(NC(=O)CC(C)(C)C)c2)N2CCCSC2=N1. The number of amides is 1. The number of rotatable bonds is 5. The summed E-state index contributed by atoms with van der Waals surface area (Å²) in [7, 11) is 1.41. The predicted octanol–water partition coefficient (Wildman–Crippen LogP) is 4.75. The van der Waals surface area contributed by atoms with E-state index in [1.165, 1.54) is 7.11 Å². The van der Waals surface area contributed by atoms with Gasteiger partial charge < -0.3 is 15.0 Å². The molecule has 1 saturated heterocycles. The van der Waals surface area contributed by atoms with Crippen LogP contribution in [0.25, 0.3) is 0 Å². The first-order chi connectivity index (χ1) is 14.2. The quantitative estimate of drug-likeness (QED) is 0.684. The topological polar surface area (TPSA) is 71.0 Å². The predicted molar refractivity (Wildman–Crippen MR) is 122 cm³/mol. The van der Waals surface area contributed by atoms with Crippen LogP contribution in [-0.4, -0.2) is 41.4 Å². The van der Waals surface area contributed by atoms with Crippen LogP contribution in [0.15, 0.2) is 40.5 Å². The maximum Gasteiger partial charge on any atom is 0.338 e. The van der Waals surface area contributed by atoms with Crippen LogP contribution < -0.4 is 5.32 Å². The molecule has 0 spiro atoms. The molecule has 1 fully saturated rings. The second-order valence-corrected chi connectivity index (χ2v) is 9.87. The fourth-order valence-corrected chi connectivity index (χ4v) is 4.82. The normalized spacial score (nSPS) is 19.2. The van der Waals surface area contributed by atoms with Crippen LogP contribution in [0.4, 0.5) is 5.69 Å². The van der Waals surface area contributed by atoms with E-state index < -0.39 is 0 Å². The van der Waals surface area contributed by atoms with E-state index in [2.05, 4.69) is 10.2 Å². The highest BCUT2D eigenvalue weighted by atomic mass is 32.2. The Morgan fingerprint density at radius 1 is 1.33 bits per heavy atom. The molecule has 0 saturated carbocycles. The first-order valence-electron chi connectivity index (χ1n) is 10.4. The fourth-order valence-electron chi connectivity index (χ4n) is 3.83. The Labute approximate surface area is 183 Å². The standard InChI is InChI=1S/C23H31N3O3S/c1-6-17-19(21(28)29-5)20(26-11-8-12-30-22(26)25-17)15-9-7-10-16(13-15)24-18(27)14-23(2,3)4/h7,9-10,13,20H,6,8,11-12,14H2,1-5H3,(H,24,27)/t20-/m1/s1. The molecule has 2 heterocycles. The van der Waals surface area contributed by atoms with Crippen molar-refractivity contribution in [3.63, 3.8) is 0 Å². The highest BCUT2D eigenvalue weighted by Crippen LogP contribution is 2.41. The van der Waals surface area contributed by atoms with Gasteiger partial charge in [0.05, 0.1) is 24.4 Å². The highest BCUT2D eigenvalue weighted by molar-refractivity contribution is 8.13. The van der Waals surface area contributed by atoms with Crippen LogP contribution in [0.2, 0.25) is 0 Å². The van der Waals surface area contributed by atoms with Gasteiger partial charge in [0.25, 0.3) is 0 Å². The summed E-state index contributed by atoms with van der Waals surface area (Å²) < 4.78 is 5.13. The van der Waals surface area contributed by atoms with E-state index in [-0.39, 0.29) is 23.3 Å². The summed E-state index contributed by atoms with van der Waals surface area (Å²) in [5.41, 5.74) is 2.96. The summed E-state index contributed by atoms with van der Waals surface area (Å²) in [6.45, 7) is 8.96. The van der Waals surface area contributed by atoms with E-state index in [0.717, 1.165) is 40.8 Å². The fraction of sp³-hybridized carbons (Fsp3) is 0.522. The molecule has 0 radical (unpaired) electrons. The third-order valence-corrected chi connectivity index (χ3v) is 6.14. The summed E-state index contributed by atoms with van der Waals surface area (Å²) >= 11 is 1.73. The number of thioether (sulfide) groups is 1. The Morgan fingerprint density at radius 2 is 2.10 bits per heavy atom. The second kappa shape index (κ2) is 9.25. The van der Waals surface area contributed by atoms with Crippen molar-refractivity contribution < 1.29 is 14.3 Å². The number of ether oxygens (including phenoxy) is 1.